The van der Waals surface area contributed by atoms with Crippen molar-refractivity contribution in [3.63, 3.8) is 0 Å². The van der Waals surface area contributed by atoms with Crippen LogP contribution in [0.4, 0.5) is 0 Å². The van der Waals surface area contributed by atoms with E-state index in [1.165, 1.54) is 18.4 Å². The number of hydrogen-bond acceptors (Lipinski definition) is 5. The summed E-state index contributed by atoms with van der Waals surface area (Å²) < 4.78 is 22.6. The van der Waals surface area contributed by atoms with E-state index in [1.54, 1.807) is 0 Å². The van der Waals surface area contributed by atoms with Gasteiger partial charge in [0.2, 0.25) is 6.79 Å². The minimum absolute atomic E-state index is 0. The lowest BCUT2D eigenvalue weighted by Gasteiger charge is -2.39. The Morgan fingerprint density at radius 3 is 2.73 bits per heavy atom. The van der Waals surface area contributed by atoms with Gasteiger partial charge in [0, 0.05) is 52.4 Å². The van der Waals surface area contributed by atoms with Gasteiger partial charge in [0.15, 0.2) is 17.5 Å². The average Bonchev–Trinajstić information content (AvgIpc) is 3.46. The maximum atomic E-state index is 5.78. The van der Waals surface area contributed by atoms with Gasteiger partial charge in [0.05, 0.1) is 6.61 Å². The van der Waals surface area contributed by atoms with Gasteiger partial charge in [0.1, 0.15) is 0 Å². The quantitative estimate of drug-likeness (QED) is 0.241. The molecule has 2 heterocycles. The fraction of sp³-hybridized carbons (Fsp3) is 0.682. The first kappa shape index (κ1) is 23.4. The number of guanidine groups is 1. The van der Waals surface area contributed by atoms with Crippen LogP contribution >= 0.6 is 24.0 Å². The molecule has 0 unspecified atom stereocenters. The Kier molecular flexibility index (Phi) is 8.47. The summed E-state index contributed by atoms with van der Waals surface area (Å²) in [5.41, 5.74) is 1.25. The normalized spacial score (nSPS) is 19.9. The minimum Gasteiger partial charge on any atom is -0.454 e. The van der Waals surface area contributed by atoms with Crippen LogP contribution in [-0.4, -0.2) is 71.3 Å². The van der Waals surface area contributed by atoms with Gasteiger partial charge in [-0.25, -0.2) is 0 Å². The SMILES string of the molecule is CN=C(NCC1(c2ccc3c(c2)OCO3)CCOCC1)N(C)CCOCC1CC1.I. The molecule has 1 N–H and O–H groups in total. The van der Waals surface area contributed by atoms with Gasteiger partial charge >= 0.3 is 0 Å². The van der Waals surface area contributed by atoms with Crippen molar-refractivity contribution in [3.8, 4) is 11.5 Å². The molecule has 30 heavy (non-hydrogen) atoms. The maximum Gasteiger partial charge on any atom is 0.231 e. The second-order valence-corrected chi connectivity index (χ2v) is 8.30. The standard InChI is InChI=1S/C22H33N3O4.HI/c1-23-21(25(2)9-12-27-14-17-3-4-17)24-15-22(7-10-26-11-8-22)18-5-6-19-20(13-18)29-16-28-19;/h5-6,13,17H,3-4,7-12,14-16H2,1-2H3,(H,23,24);1H. The van der Waals surface area contributed by atoms with Gasteiger partial charge in [-0.3, -0.25) is 4.99 Å². The van der Waals surface area contributed by atoms with E-state index in [9.17, 15) is 0 Å². The zero-order valence-electron chi connectivity index (χ0n) is 18.0. The highest BCUT2D eigenvalue weighted by atomic mass is 127. The van der Waals surface area contributed by atoms with E-state index in [-0.39, 0.29) is 29.4 Å². The Bertz CT molecular complexity index is 720. The molecule has 8 heteroatoms. The first-order valence-electron chi connectivity index (χ1n) is 10.7. The van der Waals surface area contributed by atoms with E-state index in [0.717, 1.165) is 75.7 Å². The predicted molar refractivity (Wildman–Crippen MR) is 127 cm³/mol. The monoisotopic (exact) mass is 531 g/mol. The van der Waals surface area contributed by atoms with Crippen molar-refractivity contribution in [1.29, 1.82) is 0 Å². The van der Waals surface area contributed by atoms with E-state index >= 15 is 0 Å². The molecule has 0 amide bonds. The number of likely N-dealkylation sites (N-methyl/N-ethyl adjacent to an activating group) is 1. The number of nitrogens with one attached hydrogen (secondary N) is 1. The molecule has 0 radical (unpaired) electrons. The summed E-state index contributed by atoms with van der Waals surface area (Å²) in [5.74, 6) is 3.35. The van der Waals surface area contributed by atoms with Gasteiger partial charge in [-0.05, 0) is 49.3 Å². The van der Waals surface area contributed by atoms with E-state index < -0.39 is 0 Å². The zero-order chi connectivity index (χ0) is 20.1. The molecule has 4 rings (SSSR count). The third-order valence-electron chi connectivity index (χ3n) is 6.21. The summed E-state index contributed by atoms with van der Waals surface area (Å²) in [6.45, 7) is 5.08. The van der Waals surface area contributed by atoms with Crippen molar-refractivity contribution >= 4 is 29.9 Å². The Hall–Kier alpha value is -1.26. The fourth-order valence-electron chi connectivity index (χ4n) is 4.03. The highest BCUT2D eigenvalue weighted by Gasteiger charge is 2.36. The number of ether oxygens (including phenoxy) is 4. The zero-order valence-corrected chi connectivity index (χ0v) is 20.4. The van der Waals surface area contributed by atoms with Crippen LogP contribution in [0.3, 0.4) is 0 Å². The molecule has 2 fully saturated rings. The van der Waals surface area contributed by atoms with Crippen molar-refractivity contribution in [1.82, 2.24) is 10.2 Å². The molecule has 7 nitrogen and oxygen atoms in total. The highest BCUT2D eigenvalue weighted by Crippen LogP contribution is 2.40. The van der Waals surface area contributed by atoms with Crippen molar-refractivity contribution in [2.24, 2.45) is 10.9 Å². The molecule has 1 aromatic carbocycles. The highest BCUT2D eigenvalue weighted by molar-refractivity contribution is 14.0. The van der Waals surface area contributed by atoms with Crippen LogP contribution in [0.2, 0.25) is 0 Å². The van der Waals surface area contributed by atoms with Gasteiger partial charge in [-0.1, -0.05) is 6.07 Å². The van der Waals surface area contributed by atoms with Crippen LogP contribution in [0, 0.1) is 5.92 Å². The number of halogens is 1. The number of benzene rings is 1. The Balaban J connectivity index is 0.00000256. The van der Waals surface area contributed by atoms with Crippen molar-refractivity contribution in [2.45, 2.75) is 31.1 Å². The molecule has 1 aliphatic carbocycles. The lowest BCUT2D eigenvalue weighted by atomic mass is 9.74. The first-order valence-corrected chi connectivity index (χ1v) is 10.7. The molecule has 1 saturated heterocycles. The third kappa shape index (κ3) is 5.70. The third-order valence-corrected chi connectivity index (χ3v) is 6.21. The number of fused-ring (bicyclic) bond motifs is 1. The molecule has 3 aliphatic rings. The molecular formula is C22H34IN3O4. The second-order valence-electron chi connectivity index (χ2n) is 8.30. The minimum atomic E-state index is -0.0154. The van der Waals surface area contributed by atoms with Crippen LogP contribution in [0.1, 0.15) is 31.2 Å². The molecule has 1 aromatic rings. The Labute approximate surface area is 196 Å². The summed E-state index contributed by atoms with van der Waals surface area (Å²) in [6, 6.07) is 6.32. The van der Waals surface area contributed by atoms with Crippen molar-refractivity contribution < 1.29 is 18.9 Å². The lowest BCUT2D eigenvalue weighted by Crippen LogP contribution is -2.49. The van der Waals surface area contributed by atoms with E-state index in [1.807, 2.05) is 13.1 Å². The van der Waals surface area contributed by atoms with Crippen LogP contribution in [0.25, 0.3) is 0 Å². The largest absolute Gasteiger partial charge is 0.454 e. The number of aliphatic imine (C=N–C) groups is 1. The molecule has 0 atom stereocenters. The molecule has 1 saturated carbocycles. The molecule has 0 bridgehead atoms. The summed E-state index contributed by atoms with van der Waals surface area (Å²) in [7, 11) is 3.90. The number of rotatable bonds is 8. The van der Waals surface area contributed by atoms with Crippen LogP contribution in [-0.2, 0) is 14.9 Å². The Morgan fingerprint density at radius 2 is 2.00 bits per heavy atom. The van der Waals surface area contributed by atoms with Crippen LogP contribution < -0.4 is 14.8 Å². The van der Waals surface area contributed by atoms with Gasteiger partial charge in [0.25, 0.3) is 0 Å². The van der Waals surface area contributed by atoms with E-state index in [2.05, 4.69) is 34.4 Å². The van der Waals surface area contributed by atoms with Gasteiger partial charge in [-0.15, -0.1) is 24.0 Å². The fourth-order valence-corrected chi connectivity index (χ4v) is 4.03. The number of hydrogen-bond donors (Lipinski definition) is 1. The van der Waals surface area contributed by atoms with Crippen LogP contribution in [0.5, 0.6) is 11.5 Å². The summed E-state index contributed by atoms with van der Waals surface area (Å²) >= 11 is 0. The summed E-state index contributed by atoms with van der Waals surface area (Å²) in [5, 5.41) is 3.60. The molecule has 0 spiro atoms. The predicted octanol–water partition coefficient (Wildman–Crippen LogP) is 3.02. The van der Waals surface area contributed by atoms with Crippen LogP contribution in [0.15, 0.2) is 23.2 Å². The molecule has 0 aromatic heterocycles. The smallest absolute Gasteiger partial charge is 0.231 e. The summed E-state index contributed by atoms with van der Waals surface area (Å²) in [6.07, 6.45) is 4.57. The molecular weight excluding hydrogens is 497 g/mol. The van der Waals surface area contributed by atoms with E-state index in [4.69, 9.17) is 18.9 Å². The van der Waals surface area contributed by atoms with Crippen molar-refractivity contribution in [3.05, 3.63) is 23.8 Å². The second kappa shape index (κ2) is 10.9. The van der Waals surface area contributed by atoms with Gasteiger partial charge in [-0.2, -0.15) is 0 Å². The lowest BCUT2D eigenvalue weighted by molar-refractivity contribution is 0.0510. The number of nitrogens with zero attached hydrogens (tertiary/aromatic N) is 2. The van der Waals surface area contributed by atoms with E-state index in [0.29, 0.717) is 6.79 Å². The molecule has 2 aliphatic heterocycles. The topological polar surface area (TPSA) is 64.6 Å². The maximum absolute atomic E-state index is 5.78. The Morgan fingerprint density at radius 1 is 1.23 bits per heavy atom. The first-order chi connectivity index (χ1) is 14.2. The van der Waals surface area contributed by atoms with Crippen molar-refractivity contribution in [2.75, 3.05) is 60.4 Å². The van der Waals surface area contributed by atoms with Gasteiger partial charge < -0.3 is 29.2 Å². The average molecular weight is 531 g/mol. The molecule has 168 valence electrons. The summed E-state index contributed by atoms with van der Waals surface area (Å²) in [4.78, 5) is 6.62.